The summed E-state index contributed by atoms with van der Waals surface area (Å²) in [7, 11) is -5.68. The van der Waals surface area contributed by atoms with Gasteiger partial charge in [-0.3, -0.25) is 0 Å². The highest BCUT2D eigenvalue weighted by Crippen LogP contribution is 2.47. The summed E-state index contributed by atoms with van der Waals surface area (Å²) in [6.45, 7) is 28.4. The molecule has 0 amide bonds. The minimum Gasteiger partial charge on any atom is -0.543 e. The Hall–Kier alpha value is -2.57. The van der Waals surface area contributed by atoms with Gasteiger partial charge in [-0.1, -0.05) is 73.9 Å². The largest absolute Gasteiger partial charge is 0.543 e. The third-order valence-electron chi connectivity index (χ3n) is 10.4. The maximum atomic E-state index is 14.2. The van der Waals surface area contributed by atoms with Crippen molar-refractivity contribution in [3.8, 4) is 11.5 Å². The third kappa shape index (κ3) is 9.75. The molecule has 260 valence electrons. The van der Waals surface area contributed by atoms with Crippen molar-refractivity contribution >= 4 is 18.2 Å². The van der Waals surface area contributed by atoms with Crippen LogP contribution in [0.1, 0.15) is 116 Å². The molecule has 1 aliphatic rings. The van der Waals surface area contributed by atoms with Gasteiger partial charge >= 0.3 is 0 Å². The van der Waals surface area contributed by atoms with Gasteiger partial charge in [0.05, 0.1) is 10.1 Å². The maximum Gasteiger partial charge on any atom is 0.250 e. The number of sulfone groups is 1. The average Bonchev–Trinajstić information content (AvgIpc) is 2.97. The Bertz CT molecular complexity index is 1600. The molecule has 0 fully saturated rings. The number of hydrogen-bond donors (Lipinski definition) is 0. The first-order chi connectivity index (χ1) is 21.7. The van der Waals surface area contributed by atoms with E-state index in [1.807, 2.05) is 12.1 Å². The highest BCUT2D eigenvalue weighted by atomic mass is 32.2. The van der Waals surface area contributed by atoms with Crippen LogP contribution in [0.15, 0.2) is 70.2 Å². The standard InChI is InChI=1S/C41H62O4SSi/c1-29(2)19-17-20-30(3)21-18-22-31(4)27-36(46(42,43)35-23-15-14-16-24-35)28-41(11)26-25-37-34(7)38(32(5)33(6)39(37)44-41)45-47(12,13)40(8,9)10/h14-16,19,21,23-24,27,36H,17-18,20,22,25-26,28H2,1-13H3/b30-21+,31-27+/t36?,41-/m0/s1. The lowest BCUT2D eigenvalue weighted by Gasteiger charge is -2.41. The molecule has 3 rings (SSSR count). The van der Waals surface area contributed by atoms with Crippen LogP contribution in [0.4, 0.5) is 0 Å². The molecular weight excluding hydrogens is 617 g/mol. The zero-order valence-electron chi connectivity index (χ0n) is 31.7. The Labute approximate surface area is 288 Å². The number of ether oxygens (including phenoxy) is 1. The van der Waals surface area contributed by atoms with E-state index >= 15 is 0 Å². The minimum atomic E-state index is -3.63. The van der Waals surface area contributed by atoms with E-state index in [0.717, 1.165) is 72.3 Å². The first-order valence-corrected chi connectivity index (χ1v) is 21.9. The summed E-state index contributed by atoms with van der Waals surface area (Å²) in [5.41, 5.74) is 7.74. The Morgan fingerprint density at radius 2 is 1.53 bits per heavy atom. The lowest BCUT2D eigenvalue weighted by atomic mass is 9.84. The predicted molar refractivity (Wildman–Crippen MR) is 203 cm³/mol. The average molecular weight is 679 g/mol. The summed E-state index contributed by atoms with van der Waals surface area (Å²) < 4.78 is 42.2. The van der Waals surface area contributed by atoms with Crippen LogP contribution in [-0.2, 0) is 16.3 Å². The number of allylic oxidation sites excluding steroid dienone is 5. The molecule has 47 heavy (non-hydrogen) atoms. The molecule has 2 aromatic rings. The molecule has 1 heterocycles. The summed E-state index contributed by atoms with van der Waals surface area (Å²) in [6.07, 6.45) is 12.4. The topological polar surface area (TPSA) is 52.6 Å². The quantitative estimate of drug-likeness (QED) is 0.156. The third-order valence-corrected chi connectivity index (χ3v) is 16.8. The van der Waals surface area contributed by atoms with Gasteiger partial charge in [0.1, 0.15) is 17.1 Å². The van der Waals surface area contributed by atoms with Crippen LogP contribution in [0.2, 0.25) is 18.1 Å². The van der Waals surface area contributed by atoms with Crippen LogP contribution in [0.5, 0.6) is 11.5 Å². The smallest absolute Gasteiger partial charge is 0.250 e. The fourth-order valence-electron chi connectivity index (χ4n) is 6.09. The molecule has 0 aliphatic carbocycles. The lowest BCUT2D eigenvalue weighted by molar-refractivity contribution is 0.0565. The van der Waals surface area contributed by atoms with Crippen molar-refractivity contribution in [3.63, 3.8) is 0 Å². The van der Waals surface area contributed by atoms with Crippen molar-refractivity contribution in [1.29, 1.82) is 0 Å². The van der Waals surface area contributed by atoms with Gasteiger partial charge < -0.3 is 9.16 Å². The minimum absolute atomic E-state index is 0.0935. The Kier molecular flexibility index (Phi) is 12.7. The van der Waals surface area contributed by atoms with Crippen molar-refractivity contribution in [3.05, 3.63) is 87.5 Å². The van der Waals surface area contributed by atoms with E-state index in [9.17, 15) is 8.42 Å². The van der Waals surface area contributed by atoms with E-state index in [0.29, 0.717) is 11.3 Å². The molecule has 0 saturated carbocycles. The molecular formula is C41H62O4SSi. The Balaban J connectivity index is 1.93. The summed E-state index contributed by atoms with van der Waals surface area (Å²) in [5.74, 6) is 1.91. The normalized spacial score (nSPS) is 18.3. The van der Waals surface area contributed by atoms with Gasteiger partial charge in [-0.15, -0.1) is 0 Å². The zero-order chi connectivity index (χ0) is 35.4. The molecule has 1 unspecified atom stereocenters. The second-order valence-corrected chi connectivity index (χ2v) is 22.8. The Morgan fingerprint density at radius 3 is 2.13 bits per heavy atom. The fourth-order valence-corrected chi connectivity index (χ4v) is 9.09. The Morgan fingerprint density at radius 1 is 0.936 bits per heavy atom. The van der Waals surface area contributed by atoms with Crippen LogP contribution < -0.4 is 9.16 Å². The lowest BCUT2D eigenvalue weighted by Crippen LogP contribution is -2.44. The molecule has 0 saturated heterocycles. The highest BCUT2D eigenvalue weighted by Gasteiger charge is 2.42. The fraction of sp³-hybridized carbons (Fsp3) is 0.561. The first kappa shape index (κ1) is 38.9. The zero-order valence-corrected chi connectivity index (χ0v) is 33.5. The van der Waals surface area contributed by atoms with Crippen LogP contribution in [0, 0.1) is 20.8 Å². The van der Waals surface area contributed by atoms with E-state index < -0.39 is 29.0 Å². The van der Waals surface area contributed by atoms with Gasteiger partial charge in [-0.05, 0) is 141 Å². The van der Waals surface area contributed by atoms with E-state index in [1.54, 1.807) is 24.3 Å². The monoisotopic (exact) mass is 678 g/mol. The maximum absolute atomic E-state index is 14.2. The summed E-state index contributed by atoms with van der Waals surface area (Å²) in [5, 5.41) is -0.598. The summed E-state index contributed by atoms with van der Waals surface area (Å²) >= 11 is 0. The van der Waals surface area contributed by atoms with Gasteiger partial charge in [-0.2, -0.15) is 0 Å². The van der Waals surface area contributed by atoms with Gasteiger partial charge in [0.25, 0.3) is 8.32 Å². The van der Waals surface area contributed by atoms with Gasteiger partial charge in [0.15, 0.2) is 9.84 Å². The number of hydrogen-bond acceptors (Lipinski definition) is 4. The van der Waals surface area contributed by atoms with E-state index in [-0.39, 0.29) is 5.04 Å². The second-order valence-electron chi connectivity index (χ2n) is 15.9. The van der Waals surface area contributed by atoms with Crippen LogP contribution in [0.25, 0.3) is 0 Å². The van der Waals surface area contributed by atoms with Crippen molar-refractivity contribution < 1.29 is 17.6 Å². The van der Waals surface area contributed by atoms with Crippen molar-refractivity contribution in [2.45, 2.75) is 155 Å². The summed E-state index contributed by atoms with van der Waals surface area (Å²) in [4.78, 5) is 0.360. The van der Waals surface area contributed by atoms with Gasteiger partial charge in [0, 0.05) is 12.0 Å². The van der Waals surface area contributed by atoms with E-state index in [1.165, 1.54) is 16.7 Å². The number of rotatable bonds is 13. The number of fused-ring (bicyclic) bond motifs is 1. The van der Waals surface area contributed by atoms with E-state index in [4.69, 9.17) is 9.16 Å². The molecule has 1 aliphatic heterocycles. The van der Waals surface area contributed by atoms with Crippen LogP contribution in [0.3, 0.4) is 0 Å². The molecule has 2 aromatic carbocycles. The predicted octanol–water partition coefficient (Wildman–Crippen LogP) is 11.7. The molecule has 4 nitrogen and oxygen atoms in total. The molecule has 0 radical (unpaired) electrons. The second kappa shape index (κ2) is 15.3. The molecule has 0 bridgehead atoms. The van der Waals surface area contributed by atoms with Gasteiger partial charge in [0.2, 0.25) is 0 Å². The number of benzene rings is 2. The van der Waals surface area contributed by atoms with Crippen molar-refractivity contribution in [1.82, 2.24) is 0 Å². The molecule has 2 atom stereocenters. The van der Waals surface area contributed by atoms with Crippen molar-refractivity contribution in [2.24, 2.45) is 0 Å². The molecule has 0 N–H and O–H groups in total. The van der Waals surface area contributed by atoms with Crippen molar-refractivity contribution in [2.75, 3.05) is 0 Å². The van der Waals surface area contributed by atoms with E-state index in [2.05, 4.69) is 101 Å². The molecule has 0 aromatic heterocycles. The summed E-state index contributed by atoms with van der Waals surface area (Å²) in [6, 6.07) is 8.89. The molecule has 6 heteroatoms. The first-order valence-electron chi connectivity index (χ1n) is 17.4. The highest BCUT2D eigenvalue weighted by molar-refractivity contribution is 7.92. The van der Waals surface area contributed by atoms with Gasteiger partial charge in [-0.25, -0.2) is 8.42 Å². The SMILES string of the molecule is CC(C)=CCC/C(C)=C/CC/C(C)=C/C(C[C@]1(C)CCc2c(C)c(O[Si](C)(C)C(C)(C)C)c(C)c(C)c2O1)S(=O)(=O)c1ccccc1. The van der Waals surface area contributed by atoms with Crippen LogP contribution in [-0.4, -0.2) is 27.6 Å². The molecule has 0 spiro atoms. The van der Waals surface area contributed by atoms with Crippen LogP contribution >= 0.6 is 0 Å².